The number of nitrogens with one attached hydrogen (secondary N) is 1. The van der Waals surface area contributed by atoms with Gasteiger partial charge in [-0.1, -0.05) is 22.0 Å². The molecule has 0 spiro atoms. The Morgan fingerprint density at radius 1 is 1.50 bits per heavy atom. The average Bonchev–Trinajstić information content (AvgIpc) is 2.63. The standard InChI is InChI=1S/C11H11BrFN3/c1-16-7-10(6-15-16)14-5-8-2-3-9(13)4-11(8)12/h2-4,6-7,14H,5H2,1H3. The molecule has 0 saturated heterocycles. The third kappa shape index (κ3) is 2.61. The summed E-state index contributed by atoms with van der Waals surface area (Å²) in [7, 11) is 1.86. The largest absolute Gasteiger partial charge is 0.378 e. The number of benzene rings is 1. The van der Waals surface area contributed by atoms with Crippen molar-refractivity contribution in [3.8, 4) is 0 Å². The zero-order valence-corrected chi connectivity index (χ0v) is 10.3. The highest BCUT2D eigenvalue weighted by molar-refractivity contribution is 9.10. The summed E-state index contributed by atoms with van der Waals surface area (Å²) in [5, 5.41) is 7.25. The molecular weight excluding hydrogens is 273 g/mol. The van der Waals surface area contributed by atoms with Gasteiger partial charge in [-0.2, -0.15) is 5.10 Å². The minimum absolute atomic E-state index is 0.239. The molecule has 0 aliphatic rings. The second-order valence-corrected chi connectivity index (χ2v) is 4.35. The van der Waals surface area contributed by atoms with Crippen LogP contribution in [0.5, 0.6) is 0 Å². The first-order valence-corrected chi connectivity index (χ1v) is 5.61. The SMILES string of the molecule is Cn1cc(NCc2ccc(F)cc2Br)cn1. The van der Waals surface area contributed by atoms with Crippen molar-refractivity contribution in [3.63, 3.8) is 0 Å². The lowest BCUT2D eigenvalue weighted by Crippen LogP contribution is -1.99. The van der Waals surface area contributed by atoms with Crippen LogP contribution in [0, 0.1) is 5.82 Å². The van der Waals surface area contributed by atoms with Crippen molar-refractivity contribution in [2.45, 2.75) is 6.54 Å². The number of hydrogen-bond acceptors (Lipinski definition) is 2. The smallest absolute Gasteiger partial charge is 0.124 e. The Hall–Kier alpha value is -1.36. The molecule has 0 aliphatic heterocycles. The van der Waals surface area contributed by atoms with Gasteiger partial charge in [0.05, 0.1) is 11.9 Å². The van der Waals surface area contributed by atoms with Crippen LogP contribution in [0.4, 0.5) is 10.1 Å². The van der Waals surface area contributed by atoms with Crippen LogP contribution < -0.4 is 5.32 Å². The zero-order valence-electron chi connectivity index (χ0n) is 8.74. The molecule has 0 aliphatic carbocycles. The van der Waals surface area contributed by atoms with Gasteiger partial charge >= 0.3 is 0 Å². The lowest BCUT2D eigenvalue weighted by atomic mass is 10.2. The van der Waals surface area contributed by atoms with E-state index in [4.69, 9.17) is 0 Å². The monoisotopic (exact) mass is 283 g/mol. The van der Waals surface area contributed by atoms with Crippen LogP contribution in [0.3, 0.4) is 0 Å². The molecule has 5 heteroatoms. The van der Waals surface area contributed by atoms with E-state index in [1.165, 1.54) is 12.1 Å². The number of aromatic nitrogens is 2. The predicted octanol–water partition coefficient (Wildman–Crippen LogP) is 2.93. The highest BCUT2D eigenvalue weighted by Gasteiger charge is 2.02. The third-order valence-electron chi connectivity index (χ3n) is 2.20. The minimum Gasteiger partial charge on any atom is -0.378 e. The highest BCUT2D eigenvalue weighted by Crippen LogP contribution is 2.19. The Morgan fingerprint density at radius 2 is 2.31 bits per heavy atom. The molecule has 1 aromatic carbocycles. The summed E-state index contributed by atoms with van der Waals surface area (Å²) < 4.78 is 15.3. The Kier molecular flexibility index (Phi) is 3.24. The molecule has 0 fully saturated rings. The number of aryl methyl sites for hydroxylation is 1. The summed E-state index contributed by atoms with van der Waals surface area (Å²) in [4.78, 5) is 0. The van der Waals surface area contributed by atoms with E-state index in [9.17, 15) is 4.39 Å². The van der Waals surface area contributed by atoms with Gasteiger partial charge in [0, 0.05) is 24.3 Å². The number of nitrogens with zero attached hydrogens (tertiary/aromatic N) is 2. The molecule has 0 unspecified atom stereocenters. The van der Waals surface area contributed by atoms with E-state index >= 15 is 0 Å². The molecule has 3 nitrogen and oxygen atoms in total. The van der Waals surface area contributed by atoms with E-state index in [1.807, 2.05) is 13.2 Å². The molecule has 0 bridgehead atoms. The molecule has 1 N–H and O–H groups in total. The van der Waals surface area contributed by atoms with Gasteiger partial charge in [0.1, 0.15) is 5.82 Å². The summed E-state index contributed by atoms with van der Waals surface area (Å²) in [6.45, 7) is 0.632. The van der Waals surface area contributed by atoms with Gasteiger partial charge in [-0.3, -0.25) is 4.68 Å². The number of anilines is 1. The van der Waals surface area contributed by atoms with Gasteiger partial charge in [-0.25, -0.2) is 4.39 Å². The molecule has 1 heterocycles. The Balaban J connectivity index is 2.04. The molecular formula is C11H11BrFN3. The zero-order chi connectivity index (χ0) is 11.5. The number of rotatable bonds is 3. The maximum absolute atomic E-state index is 12.9. The topological polar surface area (TPSA) is 29.9 Å². The first kappa shape index (κ1) is 11.1. The van der Waals surface area contributed by atoms with Crippen LogP contribution in [0.15, 0.2) is 35.1 Å². The lowest BCUT2D eigenvalue weighted by Gasteiger charge is -2.05. The summed E-state index contributed by atoms with van der Waals surface area (Å²) in [5.74, 6) is -0.239. The van der Waals surface area contributed by atoms with E-state index in [-0.39, 0.29) is 5.82 Å². The van der Waals surface area contributed by atoms with Gasteiger partial charge in [-0.05, 0) is 17.7 Å². The van der Waals surface area contributed by atoms with Crippen LogP contribution in [-0.4, -0.2) is 9.78 Å². The predicted molar refractivity (Wildman–Crippen MR) is 64.6 cm³/mol. The van der Waals surface area contributed by atoms with E-state index in [0.29, 0.717) is 6.54 Å². The van der Waals surface area contributed by atoms with Crippen LogP contribution in [-0.2, 0) is 13.6 Å². The maximum atomic E-state index is 12.9. The van der Waals surface area contributed by atoms with E-state index < -0.39 is 0 Å². The van der Waals surface area contributed by atoms with E-state index in [1.54, 1.807) is 16.9 Å². The molecule has 0 saturated carbocycles. The molecule has 2 aromatic rings. The molecule has 16 heavy (non-hydrogen) atoms. The number of halogens is 2. The summed E-state index contributed by atoms with van der Waals surface area (Å²) in [5.41, 5.74) is 1.95. The van der Waals surface area contributed by atoms with E-state index in [0.717, 1.165) is 15.7 Å². The van der Waals surface area contributed by atoms with Gasteiger partial charge in [-0.15, -0.1) is 0 Å². The van der Waals surface area contributed by atoms with Crippen LogP contribution in [0.25, 0.3) is 0 Å². The van der Waals surface area contributed by atoms with Crippen molar-refractivity contribution < 1.29 is 4.39 Å². The van der Waals surface area contributed by atoms with Gasteiger partial charge in [0.2, 0.25) is 0 Å². The highest BCUT2D eigenvalue weighted by atomic mass is 79.9. The summed E-state index contributed by atoms with van der Waals surface area (Å²) in [6, 6.07) is 4.66. The summed E-state index contributed by atoms with van der Waals surface area (Å²) >= 11 is 3.33. The van der Waals surface area contributed by atoms with Crippen LogP contribution in [0.2, 0.25) is 0 Å². The average molecular weight is 284 g/mol. The quantitative estimate of drug-likeness (QED) is 0.939. The fraction of sp³-hybridized carbons (Fsp3) is 0.182. The van der Waals surface area contributed by atoms with E-state index in [2.05, 4.69) is 26.3 Å². The maximum Gasteiger partial charge on any atom is 0.124 e. The second-order valence-electron chi connectivity index (χ2n) is 3.49. The van der Waals surface area contributed by atoms with Crippen LogP contribution >= 0.6 is 15.9 Å². The Labute approximate surface area is 101 Å². The molecule has 0 atom stereocenters. The normalized spacial score (nSPS) is 10.4. The van der Waals surface area contributed by atoms with Crippen molar-refractivity contribution in [1.29, 1.82) is 0 Å². The minimum atomic E-state index is -0.239. The molecule has 84 valence electrons. The summed E-state index contributed by atoms with van der Waals surface area (Å²) in [6.07, 6.45) is 3.63. The second kappa shape index (κ2) is 4.65. The molecule has 2 rings (SSSR count). The van der Waals surface area contributed by atoms with Gasteiger partial charge in [0.15, 0.2) is 0 Å². The first-order chi connectivity index (χ1) is 7.65. The van der Waals surface area contributed by atoms with Crippen molar-refractivity contribution in [2.24, 2.45) is 7.05 Å². The van der Waals surface area contributed by atoms with Crippen molar-refractivity contribution in [2.75, 3.05) is 5.32 Å². The Morgan fingerprint density at radius 3 is 2.94 bits per heavy atom. The van der Waals surface area contributed by atoms with Gasteiger partial charge in [0.25, 0.3) is 0 Å². The molecule has 0 amide bonds. The fourth-order valence-corrected chi connectivity index (χ4v) is 1.87. The van der Waals surface area contributed by atoms with Crippen LogP contribution in [0.1, 0.15) is 5.56 Å². The van der Waals surface area contributed by atoms with Crippen molar-refractivity contribution >= 4 is 21.6 Å². The fourth-order valence-electron chi connectivity index (χ4n) is 1.37. The lowest BCUT2D eigenvalue weighted by molar-refractivity contribution is 0.626. The van der Waals surface area contributed by atoms with Gasteiger partial charge < -0.3 is 5.32 Å². The van der Waals surface area contributed by atoms with Crippen molar-refractivity contribution in [1.82, 2.24) is 9.78 Å². The first-order valence-electron chi connectivity index (χ1n) is 4.81. The number of hydrogen-bond donors (Lipinski definition) is 1. The molecule has 0 radical (unpaired) electrons. The van der Waals surface area contributed by atoms with Crippen molar-refractivity contribution in [3.05, 3.63) is 46.4 Å². The third-order valence-corrected chi connectivity index (χ3v) is 2.94. The Bertz CT molecular complexity index is 496. The molecule has 1 aromatic heterocycles.